The third-order valence-corrected chi connectivity index (χ3v) is 4.53. The van der Waals surface area contributed by atoms with Crippen LogP contribution in [0.25, 0.3) is 11.1 Å². The summed E-state index contributed by atoms with van der Waals surface area (Å²) in [5, 5.41) is 0. The molecule has 0 aromatic heterocycles. The Morgan fingerprint density at radius 2 is 1.87 bits per heavy atom. The molecule has 3 aliphatic carbocycles. The second-order valence-corrected chi connectivity index (χ2v) is 6.76. The molecule has 0 amide bonds. The second kappa shape index (κ2) is 7.68. The van der Waals surface area contributed by atoms with Crippen LogP contribution >= 0.6 is 0 Å². The fourth-order valence-electron chi connectivity index (χ4n) is 3.10. The zero-order valence-electron chi connectivity index (χ0n) is 15.9. The molecule has 1 aromatic rings. The van der Waals surface area contributed by atoms with Crippen molar-refractivity contribution in [3.05, 3.63) is 127 Å². The van der Waals surface area contributed by atoms with Crippen molar-refractivity contribution in [2.45, 2.75) is 6.18 Å². The Labute approximate surface area is 174 Å². The van der Waals surface area contributed by atoms with Crippen LogP contribution in [0.3, 0.4) is 0 Å². The molecule has 0 N–H and O–H groups in total. The van der Waals surface area contributed by atoms with Crippen LogP contribution in [0.4, 0.5) is 13.2 Å². The minimum Gasteiger partial charge on any atom is -0.436 e. The third kappa shape index (κ3) is 4.16. The van der Waals surface area contributed by atoms with Gasteiger partial charge >= 0.3 is 22.8 Å². The van der Waals surface area contributed by atoms with Gasteiger partial charge in [0.1, 0.15) is 5.56 Å². The Kier molecular flexibility index (Phi) is 5.02. The van der Waals surface area contributed by atoms with Crippen molar-refractivity contribution >= 4 is 0 Å². The first-order chi connectivity index (χ1) is 14.7. The number of hydrogen-bond donors (Lipinski definition) is 0. The van der Waals surface area contributed by atoms with Crippen molar-refractivity contribution in [1.82, 2.24) is 0 Å². The molecule has 0 unspecified atom stereocenters. The van der Waals surface area contributed by atoms with Gasteiger partial charge in [-0.25, -0.2) is 4.79 Å². The molecule has 0 fully saturated rings. The van der Waals surface area contributed by atoms with Crippen molar-refractivity contribution in [3.63, 3.8) is 0 Å². The van der Waals surface area contributed by atoms with Crippen LogP contribution in [0.15, 0.2) is 98.7 Å². The van der Waals surface area contributed by atoms with Gasteiger partial charge in [0.15, 0.2) is 5.56 Å². The third-order valence-electron chi connectivity index (χ3n) is 4.53. The fraction of sp³-hybridized carbons (Fsp3) is 0.0417. The first-order valence-corrected chi connectivity index (χ1v) is 9.11. The van der Waals surface area contributed by atoms with E-state index >= 15 is 0 Å². The predicted octanol–water partition coefficient (Wildman–Crippen LogP) is 4.59. The fourth-order valence-corrected chi connectivity index (χ4v) is 3.10. The summed E-state index contributed by atoms with van der Waals surface area (Å²) in [6.45, 7) is 3.80. The summed E-state index contributed by atoms with van der Waals surface area (Å²) in [7, 11) is 0. The lowest BCUT2D eigenvalue weighted by Gasteiger charge is -2.15. The van der Waals surface area contributed by atoms with E-state index in [4.69, 9.17) is 9.16 Å². The summed E-state index contributed by atoms with van der Waals surface area (Å²) < 4.78 is 50.3. The summed E-state index contributed by atoms with van der Waals surface area (Å²) in [5.74, 6) is 0.193. The highest BCUT2D eigenvalue weighted by atomic mass is 19.4. The van der Waals surface area contributed by atoms with E-state index in [0.29, 0.717) is 16.9 Å². The van der Waals surface area contributed by atoms with E-state index in [1.54, 1.807) is 24.6 Å². The smallest absolute Gasteiger partial charge is 0.436 e. The zero-order chi connectivity index (χ0) is 22.2. The first-order valence-electron chi connectivity index (χ1n) is 9.11. The SMILES string of the molecule is C=C1C=C(Oc2c3ccc(=O)c(=[O+]c4cccc(C(F)(F)F)c4)[c+]-3ccc2=O)C=C[CH-]1. The molecule has 0 radical (unpaired) electrons. The number of hydrogen-bond acceptors (Lipinski definition) is 3. The molecule has 7 heteroatoms. The minimum atomic E-state index is -4.56. The summed E-state index contributed by atoms with van der Waals surface area (Å²) >= 11 is 0. The van der Waals surface area contributed by atoms with Crippen molar-refractivity contribution in [3.8, 4) is 22.6 Å². The topological polar surface area (TPSA) is 54.7 Å². The van der Waals surface area contributed by atoms with E-state index in [-0.39, 0.29) is 22.5 Å². The largest absolute Gasteiger partial charge is 0.472 e. The Hall–Kier alpha value is -4.00. The Morgan fingerprint density at radius 1 is 1.06 bits per heavy atom. The van der Waals surface area contributed by atoms with Crippen molar-refractivity contribution in [2.24, 2.45) is 0 Å². The molecule has 0 aliphatic heterocycles. The van der Waals surface area contributed by atoms with E-state index in [0.717, 1.165) is 12.1 Å². The molecule has 31 heavy (non-hydrogen) atoms. The van der Waals surface area contributed by atoms with Crippen molar-refractivity contribution in [1.29, 1.82) is 0 Å². The summed E-state index contributed by atoms with van der Waals surface area (Å²) in [4.78, 5) is 24.9. The lowest BCUT2D eigenvalue weighted by atomic mass is 10.0. The molecule has 0 bridgehead atoms. The van der Waals surface area contributed by atoms with Gasteiger partial charge in [-0.2, -0.15) is 29.7 Å². The molecule has 4 nitrogen and oxygen atoms in total. The highest BCUT2D eigenvalue weighted by Crippen LogP contribution is 2.32. The molecule has 0 atom stereocenters. The molecule has 0 saturated carbocycles. The predicted molar refractivity (Wildman–Crippen MR) is 111 cm³/mol. The quantitative estimate of drug-likeness (QED) is 0.352. The number of allylic oxidation sites excluding steroid dienone is 4. The number of alkyl halides is 3. The number of benzene rings is 3. The maximum absolute atomic E-state index is 13.0. The van der Waals surface area contributed by atoms with Gasteiger partial charge in [-0.05, 0) is 6.07 Å². The second-order valence-electron chi connectivity index (χ2n) is 6.76. The van der Waals surface area contributed by atoms with Crippen molar-refractivity contribution in [2.75, 3.05) is 0 Å². The van der Waals surface area contributed by atoms with Gasteiger partial charge in [0.2, 0.25) is 0 Å². The molecule has 154 valence electrons. The molecular formula is C24H14F3O4+. The van der Waals surface area contributed by atoms with E-state index in [1.165, 1.54) is 36.4 Å². The summed E-state index contributed by atoms with van der Waals surface area (Å²) in [6, 6.07) is 9.39. The van der Waals surface area contributed by atoms with Crippen LogP contribution in [0, 0.1) is 6.42 Å². The van der Waals surface area contributed by atoms with Crippen LogP contribution in [-0.2, 0) is 6.18 Å². The maximum atomic E-state index is 13.0. The lowest BCUT2D eigenvalue weighted by molar-refractivity contribution is -0.137. The molecule has 4 rings (SSSR count). The van der Waals surface area contributed by atoms with E-state index in [9.17, 15) is 22.8 Å². The Morgan fingerprint density at radius 3 is 2.61 bits per heavy atom. The van der Waals surface area contributed by atoms with Gasteiger partial charge in [-0.3, -0.25) is 4.79 Å². The Bertz CT molecular complexity index is 1380. The van der Waals surface area contributed by atoms with E-state index in [1.807, 2.05) is 0 Å². The van der Waals surface area contributed by atoms with Crippen LogP contribution in [0.2, 0.25) is 0 Å². The van der Waals surface area contributed by atoms with Gasteiger partial charge in [0.25, 0.3) is 11.2 Å². The minimum absolute atomic E-state index is 0.0306. The van der Waals surface area contributed by atoms with Gasteiger partial charge in [0.05, 0.1) is 29.5 Å². The van der Waals surface area contributed by atoms with Gasteiger partial charge in [-0.15, -0.1) is 18.6 Å². The van der Waals surface area contributed by atoms with Gasteiger partial charge < -0.3 is 4.74 Å². The maximum Gasteiger partial charge on any atom is 0.472 e. The zero-order valence-corrected chi connectivity index (χ0v) is 15.9. The molecular weight excluding hydrogens is 409 g/mol. The van der Waals surface area contributed by atoms with Crippen LogP contribution in [0.5, 0.6) is 11.5 Å². The monoisotopic (exact) mass is 423 g/mol. The number of ether oxygens (including phenoxy) is 1. The normalized spacial score (nSPS) is 14.5. The highest BCUT2D eigenvalue weighted by molar-refractivity contribution is 5.72. The number of rotatable bonds is 3. The van der Waals surface area contributed by atoms with Gasteiger partial charge in [-0.1, -0.05) is 12.1 Å². The van der Waals surface area contributed by atoms with E-state index < -0.39 is 22.6 Å². The summed E-state index contributed by atoms with van der Waals surface area (Å²) in [6.07, 6.45) is 2.21. The molecule has 0 saturated heterocycles. The molecule has 0 spiro atoms. The average molecular weight is 423 g/mol. The molecule has 3 aliphatic rings. The molecule has 1 aromatic carbocycles. The average Bonchev–Trinajstić information content (AvgIpc) is 2.72. The summed E-state index contributed by atoms with van der Waals surface area (Å²) in [5.41, 5.74) is -0.862. The highest BCUT2D eigenvalue weighted by Gasteiger charge is 2.33. The van der Waals surface area contributed by atoms with Crippen molar-refractivity contribution < 1.29 is 17.9 Å². The lowest BCUT2D eigenvalue weighted by Crippen LogP contribution is -2.27. The van der Waals surface area contributed by atoms with Crippen LogP contribution in [0.1, 0.15) is 5.56 Å². The number of halogens is 3. The number of fused-ring (bicyclic) bond motifs is 1. The van der Waals surface area contributed by atoms with Gasteiger partial charge in [0, 0.05) is 18.2 Å². The van der Waals surface area contributed by atoms with E-state index in [2.05, 4.69) is 6.58 Å². The first kappa shape index (κ1) is 20.3. The Balaban J connectivity index is 1.86. The standard InChI is InChI=1S/C24H14F3O4/c1-14-4-2-6-16(12-14)30-22-18-8-11-21(29)23(19(18)9-10-20(22)28)31-17-7-3-5-15(13-17)24(25,26)27/h2-13H,1H2/q+1. The van der Waals surface area contributed by atoms with Crippen LogP contribution < -0.4 is 21.0 Å². The van der Waals surface area contributed by atoms with Crippen LogP contribution in [-0.4, -0.2) is 0 Å². The molecule has 0 heterocycles.